The molecule has 1 heterocycles. The SMILES string of the molecule is CCCNC(=O)CN1CCN(c2ccc([N+](=O)[O-])cc2S(=O)(=O)Nc2ccccc2OC)CC1. The van der Waals surface area contributed by atoms with Gasteiger partial charge in [-0.15, -0.1) is 0 Å². The van der Waals surface area contributed by atoms with Gasteiger partial charge in [-0.1, -0.05) is 19.1 Å². The number of nitrogens with one attached hydrogen (secondary N) is 2. The summed E-state index contributed by atoms with van der Waals surface area (Å²) in [4.78, 5) is 26.4. The molecule has 184 valence electrons. The number of sulfonamides is 1. The fourth-order valence-electron chi connectivity index (χ4n) is 3.69. The zero-order chi connectivity index (χ0) is 24.7. The minimum Gasteiger partial charge on any atom is -0.495 e. The monoisotopic (exact) mass is 491 g/mol. The number of nitro benzene ring substituents is 1. The molecule has 1 fully saturated rings. The Labute approximate surface area is 198 Å². The number of nitro groups is 1. The van der Waals surface area contributed by atoms with Crippen LogP contribution in [-0.4, -0.2) is 70.5 Å². The van der Waals surface area contributed by atoms with E-state index < -0.39 is 14.9 Å². The summed E-state index contributed by atoms with van der Waals surface area (Å²) >= 11 is 0. The van der Waals surface area contributed by atoms with E-state index in [4.69, 9.17) is 4.74 Å². The lowest BCUT2D eigenvalue weighted by atomic mass is 10.2. The van der Waals surface area contributed by atoms with Crippen molar-refractivity contribution in [2.75, 3.05) is 56.0 Å². The first kappa shape index (κ1) is 25.2. The third kappa shape index (κ3) is 6.14. The van der Waals surface area contributed by atoms with Crippen LogP contribution in [0.4, 0.5) is 17.1 Å². The number of nitrogens with zero attached hydrogens (tertiary/aromatic N) is 3. The topological polar surface area (TPSA) is 134 Å². The molecule has 0 bridgehead atoms. The number of rotatable bonds is 10. The number of carbonyl (C=O) groups is 1. The summed E-state index contributed by atoms with van der Waals surface area (Å²) in [6.07, 6.45) is 0.861. The third-order valence-electron chi connectivity index (χ3n) is 5.45. The van der Waals surface area contributed by atoms with Crippen LogP contribution < -0.4 is 19.7 Å². The zero-order valence-corrected chi connectivity index (χ0v) is 20.0. The molecule has 34 heavy (non-hydrogen) atoms. The number of benzene rings is 2. The first-order valence-electron chi connectivity index (χ1n) is 10.9. The standard InChI is InChI=1S/C22H29N5O6S/c1-3-10-23-22(28)16-25-11-13-26(14-12-25)19-9-8-17(27(29)30)15-21(19)34(31,32)24-18-6-4-5-7-20(18)33-2/h4-9,15,24H,3,10-14,16H2,1-2H3,(H,23,28). The molecule has 2 aromatic carbocycles. The average Bonchev–Trinajstić information content (AvgIpc) is 2.83. The van der Waals surface area contributed by atoms with Crippen molar-refractivity contribution in [1.82, 2.24) is 10.2 Å². The van der Waals surface area contributed by atoms with Crippen LogP contribution in [0.1, 0.15) is 13.3 Å². The van der Waals surface area contributed by atoms with Crippen molar-refractivity contribution in [1.29, 1.82) is 0 Å². The van der Waals surface area contributed by atoms with Crippen LogP contribution in [0.5, 0.6) is 5.75 Å². The van der Waals surface area contributed by atoms with E-state index >= 15 is 0 Å². The minimum absolute atomic E-state index is 0.0464. The summed E-state index contributed by atoms with van der Waals surface area (Å²) in [7, 11) is -2.75. The van der Waals surface area contributed by atoms with Crippen molar-refractivity contribution in [2.45, 2.75) is 18.2 Å². The zero-order valence-electron chi connectivity index (χ0n) is 19.2. The number of methoxy groups -OCH3 is 1. The maximum Gasteiger partial charge on any atom is 0.270 e. The van der Waals surface area contributed by atoms with E-state index in [-0.39, 0.29) is 28.7 Å². The normalized spacial score (nSPS) is 14.5. The lowest BCUT2D eigenvalue weighted by molar-refractivity contribution is -0.385. The minimum atomic E-state index is -4.18. The van der Waals surface area contributed by atoms with E-state index in [1.807, 2.05) is 16.7 Å². The van der Waals surface area contributed by atoms with Gasteiger partial charge in [0.1, 0.15) is 10.6 Å². The van der Waals surface area contributed by atoms with E-state index in [1.165, 1.54) is 19.2 Å². The molecule has 1 aliphatic rings. The molecule has 0 radical (unpaired) electrons. The van der Waals surface area contributed by atoms with Gasteiger partial charge >= 0.3 is 0 Å². The van der Waals surface area contributed by atoms with Crippen molar-refractivity contribution in [3.05, 3.63) is 52.6 Å². The quantitative estimate of drug-likeness (QED) is 0.381. The molecule has 12 heteroatoms. The molecule has 1 amide bonds. The number of amides is 1. The summed E-state index contributed by atoms with van der Waals surface area (Å²) in [5, 5.41) is 14.2. The Hall–Kier alpha value is -3.38. The maximum atomic E-state index is 13.3. The Morgan fingerprint density at radius 3 is 2.50 bits per heavy atom. The smallest absolute Gasteiger partial charge is 0.270 e. The molecule has 11 nitrogen and oxygen atoms in total. The fourth-order valence-corrected chi connectivity index (χ4v) is 5.01. The number of anilines is 2. The number of hydrogen-bond acceptors (Lipinski definition) is 8. The van der Waals surface area contributed by atoms with Crippen LogP contribution in [0.25, 0.3) is 0 Å². The number of carbonyl (C=O) groups excluding carboxylic acids is 1. The largest absolute Gasteiger partial charge is 0.495 e. The molecular weight excluding hydrogens is 462 g/mol. The molecule has 1 saturated heterocycles. The second-order valence-corrected chi connectivity index (χ2v) is 9.48. The number of piperazine rings is 1. The van der Waals surface area contributed by atoms with Crippen molar-refractivity contribution in [3.8, 4) is 5.75 Å². The molecule has 0 aliphatic carbocycles. The number of non-ortho nitro benzene ring substituents is 1. The van der Waals surface area contributed by atoms with Crippen LogP contribution in [0.15, 0.2) is 47.4 Å². The van der Waals surface area contributed by atoms with Gasteiger partial charge in [0.25, 0.3) is 15.7 Å². The Morgan fingerprint density at radius 1 is 1.15 bits per heavy atom. The molecule has 3 rings (SSSR count). The second-order valence-electron chi connectivity index (χ2n) is 7.83. The highest BCUT2D eigenvalue weighted by molar-refractivity contribution is 7.93. The number of hydrogen-bond donors (Lipinski definition) is 2. The Morgan fingerprint density at radius 2 is 1.85 bits per heavy atom. The lowest BCUT2D eigenvalue weighted by Gasteiger charge is -2.36. The first-order valence-corrected chi connectivity index (χ1v) is 12.4. The molecule has 0 atom stereocenters. The summed E-state index contributed by atoms with van der Waals surface area (Å²) in [5.41, 5.74) is 0.267. The van der Waals surface area contributed by atoms with E-state index in [0.717, 1.165) is 12.5 Å². The highest BCUT2D eigenvalue weighted by Gasteiger charge is 2.28. The van der Waals surface area contributed by atoms with E-state index in [0.29, 0.717) is 44.2 Å². The van der Waals surface area contributed by atoms with E-state index in [2.05, 4.69) is 10.0 Å². The van der Waals surface area contributed by atoms with Gasteiger partial charge in [-0.2, -0.15) is 0 Å². The predicted molar refractivity (Wildman–Crippen MR) is 129 cm³/mol. The highest BCUT2D eigenvalue weighted by Crippen LogP contribution is 2.33. The molecule has 0 unspecified atom stereocenters. The van der Waals surface area contributed by atoms with Gasteiger partial charge in [-0.25, -0.2) is 8.42 Å². The molecule has 0 aromatic heterocycles. The van der Waals surface area contributed by atoms with Crippen LogP contribution in [0.3, 0.4) is 0 Å². The second kappa shape index (κ2) is 11.2. The van der Waals surface area contributed by atoms with Gasteiger partial charge in [-0.05, 0) is 24.6 Å². The molecule has 1 aliphatic heterocycles. The van der Waals surface area contributed by atoms with Crippen molar-refractivity contribution >= 4 is 33.0 Å². The van der Waals surface area contributed by atoms with Crippen LogP contribution in [0, 0.1) is 10.1 Å². The summed E-state index contributed by atoms with van der Waals surface area (Å²) < 4.78 is 34.4. The number of para-hydroxylation sites is 2. The Balaban J connectivity index is 1.84. The fraction of sp³-hybridized carbons (Fsp3) is 0.409. The first-order chi connectivity index (χ1) is 16.2. The van der Waals surface area contributed by atoms with Crippen LogP contribution in [0.2, 0.25) is 0 Å². The van der Waals surface area contributed by atoms with Gasteiger partial charge in [0.05, 0.1) is 30.0 Å². The van der Waals surface area contributed by atoms with Gasteiger partial charge in [0.2, 0.25) is 5.91 Å². The van der Waals surface area contributed by atoms with Crippen LogP contribution in [-0.2, 0) is 14.8 Å². The van der Waals surface area contributed by atoms with Crippen molar-refractivity contribution < 1.29 is 22.9 Å². The lowest BCUT2D eigenvalue weighted by Crippen LogP contribution is -2.49. The molecular formula is C22H29N5O6S. The molecule has 0 saturated carbocycles. The van der Waals surface area contributed by atoms with E-state index in [9.17, 15) is 23.3 Å². The highest BCUT2D eigenvalue weighted by atomic mass is 32.2. The van der Waals surface area contributed by atoms with Crippen molar-refractivity contribution in [3.63, 3.8) is 0 Å². The summed E-state index contributed by atoms with van der Waals surface area (Å²) in [6, 6.07) is 10.3. The molecule has 0 spiro atoms. The van der Waals surface area contributed by atoms with Crippen molar-refractivity contribution in [2.24, 2.45) is 0 Å². The van der Waals surface area contributed by atoms with Gasteiger partial charge in [-0.3, -0.25) is 24.5 Å². The molecule has 2 N–H and O–H groups in total. The predicted octanol–water partition coefficient (Wildman–Crippen LogP) is 2.05. The third-order valence-corrected chi connectivity index (χ3v) is 6.84. The number of ether oxygens (including phenoxy) is 1. The molecule has 2 aromatic rings. The van der Waals surface area contributed by atoms with Gasteiger partial charge in [0, 0.05) is 44.9 Å². The Kier molecular flexibility index (Phi) is 8.29. The maximum absolute atomic E-state index is 13.3. The van der Waals surface area contributed by atoms with Gasteiger partial charge < -0.3 is 15.0 Å². The Bertz CT molecular complexity index is 1130. The summed E-state index contributed by atoms with van der Waals surface area (Å²) in [5.74, 6) is 0.280. The summed E-state index contributed by atoms with van der Waals surface area (Å²) in [6.45, 7) is 4.92. The van der Waals surface area contributed by atoms with E-state index in [1.54, 1.807) is 24.3 Å². The van der Waals surface area contributed by atoms with Gasteiger partial charge in [0.15, 0.2) is 0 Å². The average molecular weight is 492 g/mol. The van der Waals surface area contributed by atoms with Crippen LogP contribution >= 0.6 is 0 Å².